The number of hydrogen-bond acceptors (Lipinski definition) is 5. The first-order valence-electron chi connectivity index (χ1n) is 6.16. The molecule has 0 unspecified atom stereocenters. The highest BCUT2D eigenvalue weighted by molar-refractivity contribution is 5.85. The van der Waals surface area contributed by atoms with Crippen molar-refractivity contribution < 1.29 is 19.1 Å². The minimum absolute atomic E-state index is 0.252. The standard InChI is InChI=1S/C14H21NO4/c1-6-7-15-10(9(2)3)12(16)19-11-13(17)18-8-14(11,4)5/h6,10-11,15H,1-2,7-8H2,3-5H3/t10-,11-/m0/s1. The summed E-state index contributed by atoms with van der Waals surface area (Å²) in [6.45, 7) is 13.4. The molecule has 0 aromatic rings. The van der Waals surface area contributed by atoms with Crippen LogP contribution in [0.15, 0.2) is 24.8 Å². The lowest BCUT2D eigenvalue weighted by atomic mass is 9.90. The van der Waals surface area contributed by atoms with E-state index in [0.29, 0.717) is 12.1 Å². The van der Waals surface area contributed by atoms with Crippen LogP contribution in [-0.4, -0.2) is 37.2 Å². The van der Waals surface area contributed by atoms with Crippen molar-refractivity contribution in [2.75, 3.05) is 13.2 Å². The van der Waals surface area contributed by atoms with Crippen LogP contribution < -0.4 is 5.32 Å². The number of rotatable bonds is 6. The summed E-state index contributed by atoms with van der Waals surface area (Å²) in [7, 11) is 0. The van der Waals surface area contributed by atoms with E-state index in [4.69, 9.17) is 9.47 Å². The van der Waals surface area contributed by atoms with E-state index in [1.807, 2.05) is 13.8 Å². The Balaban J connectivity index is 2.73. The molecule has 1 N–H and O–H groups in total. The molecule has 0 amide bonds. The van der Waals surface area contributed by atoms with Crippen molar-refractivity contribution in [3.8, 4) is 0 Å². The molecule has 0 saturated carbocycles. The van der Waals surface area contributed by atoms with Gasteiger partial charge in [0.2, 0.25) is 6.10 Å². The van der Waals surface area contributed by atoms with Crippen LogP contribution in [-0.2, 0) is 19.1 Å². The molecule has 1 aliphatic heterocycles. The van der Waals surface area contributed by atoms with Crippen molar-refractivity contribution in [1.82, 2.24) is 5.32 Å². The predicted molar refractivity (Wildman–Crippen MR) is 71.4 cm³/mol. The van der Waals surface area contributed by atoms with Gasteiger partial charge in [0.25, 0.3) is 0 Å². The molecule has 0 aromatic heterocycles. The Hall–Kier alpha value is -1.62. The fourth-order valence-corrected chi connectivity index (χ4v) is 1.78. The maximum absolute atomic E-state index is 12.1. The SMILES string of the molecule is C=CCN[C@@H](C(=C)C)C(=O)O[C@H]1C(=O)OCC1(C)C. The van der Waals surface area contributed by atoms with Gasteiger partial charge in [-0.3, -0.25) is 5.32 Å². The van der Waals surface area contributed by atoms with Gasteiger partial charge in [0.1, 0.15) is 12.6 Å². The number of nitrogens with one attached hydrogen (secondary N) is 1. The summed E-state index contributed by atoms with van der Waals surface area (Å²) in [5.41, 5.74) is 0.112. The van der Waals surface area contributed by atoms with Crippen LogP contribution in [0, 0.1) is 5.41 Å². The fraction of sp³-hybridized carbons (Fsp3) is 0.571. The van der Waals surface area contributed by atoms with Crippen molar-refractivity contribution in [2.45, 2.75) is 32.9 Å². The van der Waals surface area contributed by atoms with Gasteiger partial charge < -0.3 is 9.47 Å². The first-order chi connectivity index (χ1) is 8.79. The number of cyclic esters (lactones) is 1. The maximum atomic E-state index is 12.1. The van der Waals surface area contributed by atoms with Gasteiger partial charge in [0, 0.05) is 12.0 Å². The smallest absolute Gasteiger partial charge is 0.348 e. The van der Waals surface area contributed by atoms with E-state index in [-0.39, 0.29) is 6.61 Å². The summed E-state index contributed by atoms with van der Waals surface area (Å²) in [5, 5.41) is 2.94. The van der Waals surface area contributed by atoms with Crippen LogP contribution in [0.3, 0.4) is 0 Å². The van der Waals surface area contributed by atoms with Crippen LogP contribution >= 0.6 is 0 Å². The zero-order valence-electron chi connectivity index (χ0n) is 11.7. The molecule has 106 valence electrons. The van der Waals surface area contributed by atoms with E-state index in [2.05, 4.69) is 18.5 Å². The maximum Gasteiger partial charge on any atom is 0.348 e. The highest BCUT2D eigenvalue weighted by atomic mass is 16.6. The Bertz CT molecular complexity index is 400. The fourth-order valence-electron chi connectivity index (χ4n) is 1.78. The largest absolute Gasteiger partial charge is 0.462 e. The zero-order chi connectivity index (χ0) is 14.6. The van der Waals surface area contributed by atoms with Crippen LogP contribution in [0.25, 0.3) is 0 Å². The molecule has 1 rings (SSSR count). The molecule has 1 fully saturated rings. The lowest BCUT2D eigenvalue weighted by Crippen LogP contribution is -2.44. The number of carbonyl (C=O) groups is 2. The first-order valence-corrected chi connectivity index (χ1v) is 6.16. The Morgan fingerprint density at radius 2 is 2.32 bits per heavy atom. The minimum atomic E-state index is -0.868. The minimum Gasteiger partial charge on any atom is -0.462 e. The summed E-state index contributed by atoms with van der Waals surface area (Å²) in [5.74, 6) is -1.02. The van der Waals surface area contributed by atoms with Gasteiger partial charge in [-0.25, -0.2) is 9.59 Å². The van der Waals surface area contributed by atoms with Crippen LogP contribution in [0.2, 0.25) is 0 Å². The van der Waals surface area contributed by atoms with Crippen LogP contribution in [0.5, 0.6) is 0 Å². The van der Waals surface area contributed by atoms with Gasteiger partial charge in [-0.2, -0.15) is 0 Å². The Kier molecular flexibility index (Phi) is 4.89. The van der Waals surface area contributed by atoms with E-state index >= 15 is 0 Å². The highest BCUT2D eigenvalue weighted by Gasteiger charge is 2.47. The van der Waals surface area contributed by atoms with Gasteiger partial charge in [0.05, 0.1) is 0 Å². The Labute approximate surface area is 113 Å². The van der Waals surface area contributed by atoms with Crippen molar-refractivity contribution in [3.05, 3.63) is 24.8 Å². The summed E-state index contributed by atoms with van der Waals surface area (Å²) in [6.07, 6.45) is 0.768. The zero-order valence-corrected chi connectivity index (χ0v) is 11.7. The molecule has 0 bridgehead atoms. The molecule has 1 aliphatic rings. The lowest BCUT2D eigenvalue weighted by Gasteiger charge is -2.24. The molecule has 0 radical (unpaired) electrons. The molecule has 0 aliphatic carbocycles. The molecule has 5 heteroatoms. The van der Waals surface area contributed by atoms with Gasteiger partial charge in [0.15, 0.2) is 0 Å². The average molecular weight is 267 g/mol. The monoisotopic (exact) mass is 267 g/mol. The Morgan fingerprint density at radius 3 is 2.74 bits per heavy atom. The second kappa shape index (κ2) is 6.02. The Morgan fingerprint density at radius 1 is 1.68 bits per heavy atom. The molecule has 19 heavy (non-hydrogen) atoms. The molecule has 0 spiro atoms. The van der Waals surface area contributed by atoms with E-state index < -0.39 is 29.5 Å². The third-order valence-corrected chi connectivity index (χ3v) is 2.94. The summed E-state index contributed by atoms with van der Waals surface area (Å²) in [4.78, 5) is 23.7. The van der Waals surface area contributed by atoms with Gasteiger partial charge in [-0.15, -0.1) is 6.58 Å². The number of carbonyl (C=O) groups excluding carboxylic acids is 2. The number of esters is 2. The molecule has 2 atom stereocenters. The third kappa shape index (κ3) is 3.67. The topological polar surface area (TPSA) is 64.6 Å². The van der Waals surface area contributed by atoms with E-state index in [1.54, 1.807) is 13.0 Å². The average Bonchev–Trinajstić information content (AvgIpc) is 2.56. The molecule has 5 nitrogen and oxygen atoms in total. The van der Waals surface area contributed by atoms with E-state index in [0.717, 1.165) is 0 Å². The van der Waals surface area contributed by atoms with Crippen LogP contribution in [0.1, 0.15) is 20.8 Å². The molecular formula is C14H21NO4. The van der Waals surface area contributed by atoms with E-state index in [1.165, 1.54) is 0 Å². The second-order valence-corrected chi connectivity index (χ2v) is 5.39. The normalized spacial score (nSPS) is 22.5. The number of hydrogen-bond donors (Lipinski definition) is 1. The van der Waals surface area contributed by atoms with Crippen LogP contribution in [0.4, 0.5) is 0 Å². The molecule has 1 heterocycles. The second-order valence-electron chi connectivity index (χ2n) is 5.39. The third-order valence-electron chi connectivity index (χ3n) is 2.94. The highest BCUT2D eigenvalue weighted by Crippen LogP contribution is 2.31. The first kappa shape index (κ1) is 15.4. The molecule has 1 saturated heterocycles. The quantitative estimate of drug-likeness (QED) is 0.578. The number of ether oxygens (including phenoxy) is 2. The van der Waals surface area contributed by atoms with Crippen molar-refractivity contribution >= 4 is 11.9 Å². The molecule has 0 aromatic carbocycles. The van der Waals surface area contributed by atoms with Crippen molar-refractivity contribution in [1.29, 1.82) is 0 Å². The van der Waals surface area contributed by atoms with Gasteiger partial charge in [-0.05, 0) is 6.92 Å². The summed E-state index contributed by atoms with van der Waals surface area (Å²) < 4.78 is 10.2. The van der Waals surface area contributed by atoms with E-state index in [9.17, 15) is 9.59 Å². The molecular weight excluding hydrogens is 246 g/mol. The van der Waals surface area contributed by atoms with Gasteiger partial charge in [-0.1, -0.05) is 32.1 Å². The lowest BCUT2D eigenvalue weighted by molar-refractivity contribution is -0.163. The summed E-state index contributed by atoms with van der Waals surface area (Å²) in [6, 6.07) is -0.651. The predicted octanol–water partition coefficient (Wildman–Crippen LogP) is 1.20. The summed E-state index contributed by atoms with van der Waals surface area (Å²) >= 11 is 0. The van der Waals surface area contributed by atoms with Gasteiger partial charge >= 0.3 is 11.9 Å². The van der Waals surface area contributed by atoms with Crippen molar-refractivity contribution in [3.63, 3.8) is 0 Å². The van der Waals surface area contributed by atoms with Crippen molar-refractivity contribution in [2.24, 2.45) is 5.41 Å².